The van der Waals surface area contributed by atoms with Crippen LogP contribution in [0.2, 0.25) is 0 Å². The minimum Gasteiger partial charge on any atom is -0.395 e. The summed E-state index contributed by atoms with van der Waals surface area (Å²) in [6.07, 6.45) is 0. The summed E-state index contributed by atoms with van der Waals surface area (Å²) in [6.45, 7) is 8.20. The van der Waals surface area contributed by atoms with Gasteiger partial charge in [-0.2, -0.15) is 0 Å². The van der Waals surface area contributed by atoms with Gasteiger partial charge in [0.15, 0.2) is 0 Å². The van der Waals surface area contributed by atoms with E-state index < -0.39 is 0 Å². The van der Waals surface area contributed by atoms with Crippen LogP contribution in [0.5, 0.6) is 0 Å². The van der Waals surface area contributed by atoms with E-state index in [0.717, 1.165) is 12.2 Å². The van der Waals surface area contributed by atoms with Gasteiger partial charge >= 0.3 is 0 Å². The molecule has 3 nitrogen and oxygen atoms in total. The zero-order valence-corrected chi connectivity index (χ0v) is 11.3. The van der Waals surface area contributed by atoms with Gasteiger partial charge in [0, 0.05) is 31.9 Å². The van der Waals surface area contributed by atoms with Gasteiger partial charge in [-0.15, -0.1) is 0 Å². The first-order chi connectivity index (χ1) is 8.04. The van der Waals surface area contributed by atoms with Crippen molar-refractivity contribution in [3.8, 4) is 0 Å². The molecule has 0 saturated carbocycles. The molecule has 0 aliphatic rings. The molecule has 96 valence electrons. The fraction of sp³-hybridized carbons (Fsp3) is 0.571. The Hall–Kier alpha value is -1.06. The standard InChI is InChI=1S/C14H24N2O/c1-11(2)15-10-13-5-6-14(9-12(13)3)16(4)7-8-17/h5-6,9,11,15,17H,7-8,10H2,1-4H3. The third-order valence-electron chi connectivity index (χ3n) is 2.90. The van der Waals surface area contributed by atoms with Crippen molar-refractivity contribution in [3.63, 3.8) is 0 Å². The van der Waals surface area contributed by atoms with E-state index in [1.807, 2.05) is 7.05 Å². The Bertz CT molecular complexity index is 350. The first kappa shape index (κ1) is 14.0. The molecule has 2 N–H and O–H groups in total. The van der Waals surface area contributed by atoms with Gasteiger partial charge in [-0.05, 0) is 30.2 Å². The molecule has 1 aromatic carbocycles. The highest BCUT2D eigenvalue weighted by Gasteiger charge is 2.04. The van der Waals surface area contributed by atoms with Crippen molar-refractivity contribution in [2.24, 2.45) is 0 Å². The maximum atomic E-state index is 8.92. The second-order valence-electron chi connectivity index (χ2n) is 4.79. The van der Waals surface area contributed by atoms with E-state index >= 15 is 0 Å². The SMILES string of the molecule is Cc1cc(N(C)CCO)ccc1CNC(C)C. The Kier molecular flexibility index (Phi) is 5.45. The van der Waals surface area contributed by atoms with Gasteiger partial charge in [0.25, 0.3) is 0 Å². The molecule has 1 rings (SSSR count). The lowest BCUT2D eigenvalue weighted by atomic mass is 10.1. The third kappa shape index (κ3) is 4.36. The zero-order valence-electron chi connectivity index (χ0n) is 11.3. The number of nitrogens with zero attached hydrogens (tertiary/aromatic N) is 1. The second kappa shape index (κ2) is 6.62. The maximum absolute atomic E-state index is 8.92. The average Bonchev–Trinajstić information content (AvgIpc) is 2.27. The summed E-state index contributed by atoms with van der Waals surface area (Å²) in [7, 11) is 2.00. The number of aliphatic hydroxyl groups excluding tert-OH is 1. The molecular weight excluding hydrogens is 212 g/mol. The van der Waals surface area contributed by atoms with E-state index in [4.69, 9.17) is 5.11 Å². The van der Waals surface area contributed by atoms with E-state index in [1.54, 1.807) is 0 Å². The quantitative estimate of drug-likeness (QED) is 0.792. The van der Waals surface area contributed by atoms with Crippen molar-refractivity contribution in [1.82, 2.24) is 5.32 Å². The number of aryl methyl sites for hydroxylation is 1. The van der Waals surface area contributed by atoms with Crippen molar-refractivity contribution >= 4 is 5.69 Å². The van der Waals surface area contributed by atoms with Crippen LogP contribution < -0.4 is 10.2 Å². The third-order valence-corrected chi connectivity index (χ3v) is 2.90. The minimum atomic E-state index is 0.187. The molecular formula is C14H24N2O. The number of rotatable bonds is 6. The highest BCUT2D eigenvalue weighted by atomic mass is 16.3. The van der Waals surface area contributed by atoms with Crippen molar-refractivity contribution in [1.29, 1.82) is 0 Å². The van der Waals surface area contributed by atoms with Crippen molar-refractivity contribution < 1.29 is 5.11 Å². The van der Waals surface area contributed by atoms with Crippen molar-refractivity contribution in [2.45, 2.75) is 33.4 Å². The summed E-state index contributed by atoms with van der Waals surface area (Å²) in [5.41, 5.74) is 3.78. The van der Waals surface area contributed by atoms with Crippen LogP contribution in [-0.4, -0.2) is 31.3 Å². The van der Waals surface area contributed by atoms with E-state index in [2.05, 4.69) is 49.2 Å². The second-order valence-corrected chi connectivity index (χ2v) is 4.79. The molecule has 0 aliphatic carbocycles. The van der Waals surface area contributed by atoms with Crippen LogP contribution in [0.1, 0.15) is 25.0 Å². The molecule has 17 heavy (non-hydrogen) atoms. The van der Waals surface area contributed by atoms with E-state index in [1.165, 1.54) is 11.1 Å². The molecule has 0 radical (unpaired) electrons. The maximum Gasteiger partial charge on any atom is 0.0606 e. The number of aliphatic hydroxyl groups is 1. The molecule has 0 unspecified atom stereocenters. The lowest BCUT2D eigenvalue weighted by Gasteiger charge is -2.20. The lowest BCUT2D eigenvalue weighted by molar-refractivity contribution is 0.304. The first-order valence-corrected chi connectivity index (χ1v) is 6.19. The van der Waals surface area contributed by atoms with Gasteiger partial charge in [0.05, 0.1) is 6.61 Å². The summed E-state index contributed by atoms with van der Waals surface area (Å²) >= 11 is 0. The van der Waals surface area contributed by atoms with Crippen molar-refractivity contribution in [2.75, 3.05) is 25.1 Å². The summed E-state index contributed by atoms with van der Waals surface area (Å²) < 4.78 is 0. The summed E-state index contributed by atoms with van der Waals surface area (Å²) in [4.78, 5) is 2.06. The molecule has 0 saturated heterocycles. The molecule has 0 aliphatic heterocycles. The predicted molar refractivity (Wildman–Crippen MR) is 73.5 cm³/mol. The van der Waals surface area contributed by atoms with Crippen LogP contribution in [0.25, 0.3) is 0 Å². The normalized spacial score (nSPS) is 10.9. The van der Waals surface area contributed by atoms with Crippen molar-refractivity contribution in [3.05, 3.63) is 29.3 Å². The molecule has 0 spiro atoms. The average molecular weight is 236 g/mol. The fourth-order valence-corrected chi connectivity index (χ4v) is 1.71. The van der Waals surface area contributed by atoms with Gasteiger partial charge in [-0.1, -0.05) is 19.9 Å². The van der Waals surface area contributed by atoms with Crippen LogP contribution >= 0.6 is 0 Å². The van der Waals surface area contributed by atoms with E-state index in [9.17, 15) is 0 Å². The highest BCUT2D eigenvalue weighted by Crippen LogP contribution is 2.18. The Morgan fingerprint density at radius 1 is 1.35 bits per heavy atom. The van der Waals surface area contributed by atoms with Gasteiger partial charge < -0.3 is 15.3 Å². The monoisotopic (exact) mass is 236 g/mol. The fourth-order valence-electron chi connectivity index (χ4n) is 1.71. The van der Waals surface area contributed by atoms with E-state index in [-0.39, 0.29) is 6.61 Å². The van der Waals surface area contributed by atoms with Gasteiger partial charge in [0.1, 0.15) is 0 Å². The smallest absolute Gasteiger partial charge is 0.0606 e. The predicted octanol–water partition coefficient (Wildman–Crippen LogP) is 1.92. The van der Waals surface area contributed by atoms with E-state index in [0.29, 0.717) is 12.6 Å². The van der Waals surface area contributed by atoms with Gasteiger partial charge in [-0.3, -0.25) is 0 Å². The number of benzene rings is 1. The molecule has 0 atom stereocenters. The molecule has 0 amide bonds. The van der Waals surface area contributed by atoms with Crippen LogP contribution in [0.4, 0.5) is 5.69 Å². The first-order valence-electron chi connectivity index (χ1n) is 6.19. The number of anilines is 1. The number of hydrogen-bond donors (Lipinski definition) is 2. The van der Waals surface area contributed by atoms with Gasteiger partial charge in [0.2, 0.25) is 0 Å². The van der Waals surface area contributed by atoms with Crippen LogP contribution in [-0.2, 0) is 6.54 Å². The molecule has 1 aromatic rings. The Balaban J connectivity index is 2.72. The summed E-state index contributed by atoms with van der Waals surface area (Å²) in [6, 6.07) is 6.95. The van der Waals surface area contributed by atoms with Gasteiger partial charge in [-0.25, -0.2) is 0 Å². The molecule has 0 aromatic heterocycles. The molecule has 0 bridgehead atoms. The summed E-state index contributed by atoms with van der Waals surface area (Å²) in [5.74, 6) is 0. The Morgan fingerprint density at radius 2 is 2.06 bits per heavy atom. The summed E-state index contributed by atoms with van der Waals surface area (Å²) in [5, 5.41) is 12.3. The number of likely N-dealkylation sites (N-methyl/N-ethyl adjacent to an activating group) is 1. The lowest BCUT2D eigenvalue weighted by Crippen LogP contribution is -2.23. The number of hydrogen-bond acceptors (Lipinski definition) is 3. The van der Waals surface area contributed by atoms with Crippen LogP contribution in [0.3, 0.4) is 0 Å². The molecule has 0 fully saturated rings. The Morgan fingerprint density at radius 3 is 2.59 bits per heavy atom. The van der Waals surface area contributed by atoms with Crippen LogP contribution in [0.15, 0.2) is 18.2 Å². The number of nitrogens with one attached hydrogen (secondary N) is 1. The Labute approximate surface area is 104 Å². The topological polar surface area (TPSA) is 35.5 Å². The molecule has 3 heteroatoms. The zero-order chi connectivity index (χ0) is 12.8. The molecule has 0 heterocycles. The van der Waals surface area contributed by atoms with Crippen LogP contribution in [0, 0.1) is 6.92 Å². The highest BCUT2D eigenvalue weighted by molar-refractivity contribution is 5.50. The largest absolute Gasteiger partial charge is 0.395 e. The minimum absolute atomic E-state index is 0.187.